The molecule has 0 spiro atoms. The van der Waals surface area contributed by atoms with Crippen LogP contribution in [0.25, 0.3) is 0 Å². The fraction of sp³-hybridized carbons (Fsp3) is 0.455. The molecule has 1 N–H and O–H groups in total. The normalized spacial score (nSPS) is 34.6. The van der Waals surface area contributed by atoms with Crippen LogP contribution < -0.4 is 0 Å². The summed E-state index contributed by atoms with van der Waals surface area (Å²) in [5.41, 5.74) is 5.23. The van der Waals surface area contributed by atoms with Gasteiger partial charge in [0.1, 0.15) is 5.75 Å². The topological polar surface area (TPSA) is 56.7 Å². The van der Waals surface area contributed by atoms with Crippen LogP contribution in [0.15, 0.2) is 73.1 Å². The molecule has 4 fully saturated rings. The molecule has 6 atom stereocenters. The SMILES string of the molecule is O=C(c1ccccc1)N1C[C@H]2CC34CCC1C2C31CCN(CCc2cccnc2)C4Cc2ccc(O)cc21. The number of fused-ring (bicyclic) bond motifs is 1. The third-order valence-corrected chi connectivity index (χ3v) is 11.3. The molecule has 5 nitrogen and oxygen atoms in total. The van der Waals surface area contributed by atoms with Crippen LogP contribution in [0.3, 0.4) is 0 Å². The molecule has 0 radical (unpaired) electrons. The molecule has 3 aromatic rings. The summed E-state index contributed by atoms with van der Waals surface area (Å²) in [4.78, 5) is 23.1. The standard InChI is InChI=1S/C33H35N3O2/c37-26-9-8-24-17-29-32-12-10-28-30(25(19-32)21-36(28)31(38)23-6-2-1-3-7-23)33(32,27(24)18-26)13-16-35(29)15-11-22-5-4-14-34-20-22/h1-9,14,18,20,25,28-30,37H,10-13,15-17,19,21H2/t25-,28?,29?,30?,32?,33?/m1/s1. The zero-order chi connectivity index (χ0) is 25.5. The van der Waals surface area contributed by atoms with Crippen LogP contribution in [0.2, 0.25) is 0 Å². The van der Waals surface area contributed by atoms with Gasteiger partial charge in [-0.15, -0.1) is 0 Å². The van der Waals surface area contributed by atoms with Crippen molar-refractivity contribution in [3.05, 3.63) is 95.3 Å². The van der Waals surface area contributed by atoms with E-state index in [1.807, 2.05) is 54.9 Å². The summed E-state index contributed by atoms with van der Waals surface area (Å²) < 4.78 is 0. The Hall–Kier alpha value is -3.18. The Kier molecular flexibility index (Phi) is 4.89. The second kappa shape index (κ2) is 8.16. The van der Waals surface area contributed by atoms with Crippen LogP contribution in [0.4, 0.5) is 0 Å². The number of phenols is 1. The molecule has 1 amide bonds. The molecule has 5 aliphatic rings. The fourth-order valence-electron chi connectivity index (χ4n) is 10.2. The lowest BCUT2D eigenvalue weighted by Gasteiger charge is -2.66. The molecule has 3 heterocycles. The number of benzene rings is 2. The molecule has 8 rings (SSSR count). The van der Waals surface area contributed by atoms with E-state index in [0.29, 0.717) is 29.7 Å². The predicted octanol–water partition coefficient (Wildman–Crippen LogP) is 4.84. The molecule has 3 aliphatic carbocycles. The number of carbonyl (C=O) groups excluding carboxylic acids is 1. The second-order valence-corrected chi connectivity index (χ2v) is 12.5. The number of aromatic nitrogens is 1. The molecule has 2 aromatic carbocycles. The third-order valence-electron chi connectivity index (χ3n) is 11.3. The lowest BCUT2D eigenvalue weighted by atomic mass is 9.43. The van der Waals surface area contributed by atoms with E-state index in [-0.39, 0.29) is 16.7 Å². The molecular formula is C33H35N3O2. The number of carbonyl (C=O) groups is 1. The van der Waals surface area contributed by atoms with Crippen LogP contribution in [-0.2, 0) is 18.3 Å². The highest BCUT2D eigenvalue weighted by atomic mass is 16.3. The van der Waals surface area contributed by atoms with Crippen molar-refractivity contribution in [2.45, 2.75) is 56.0 Å². The molecule has 2 saturated heterocycles. The van der Waals surface area contributed by atoms with E-state index < -0.39 is 0 Å². The zero-order valence-corrected chi connectivity index (χ0v) is 21.8. The smallest absolute Gasteiger partial charge is 0.254 e. The number of likely N-dealkylation sites (tertiary alicyclic amines) is 2. The first kappa shape index (κ1) is 22.8. The highest BCUT2D eigenvalue weighted by molar-refractivity contribution is 5.94. The number of hydrogen-bond donors (Lipinski definition) is 1. The second-order valence-electron chi connectivity index (χ2n) is 12.5. The molecule has 2 aliphatic heterocycles. The molecule has 4 bridgehead atoms. The van der Waals surface area contributed by atoms with E-state index >= 15 is 0 Å². The zero-order valence-electron chi connectivity index (χ0n) is 21.8. The molecule has 194 valence electrons. The minimum Gasteiger partial charge on any atom is -0.508 e. The quantitative estimate of drug-likeness (QED) is 0.551. The predicted molar refractivity (Wildman–Crippen MR) is 146 cm³/mol. The molecule has 1 aromatic heterocycles. The van der Waals surface area contributed by atoms with Crippen LogP contribution in [0.1, 0.15) is 52.7 Å². The maximum atomic E-state index is 13.7. The molecule has 38 heavy (non-hydrogen) atoms. The van der Waals surface area contributed by atoms with E-state index in [1.54, 1.807) is 0 Å². The molecule has 2 saturated carbocycles. The highest BCUT2D eigenvalue weighted by Crippen LogP contribution is 2.75. The third kappa shape index (κ3) is 2.91. The fourth-order valence-corrected chi connectivity index (χ4v) is 10.2. The first-order chi connectivity index (χ1) is 18.6. The van der Waals surface area contributed by atoms with Gasteiger partial charge in [-0.2, -0.15) is 0 Å². The van der Waals surface area contributed by atoms with Crippen LogP contribution in [0, 0.1) is 17.3 Å². The largest absolute Gasteiger partial charge is 0.508 e. The van der Waals surface area contributed by atoms with Crippen molar-refractivity contribution in [2.24, 2.45) is 17.3 Å². The number of phenolic OH excluding ortho intramolecular Hbond substituents is 1. The Morgan fingerprint density at radius 3 is 2.82 bits per heavy atom. The minimum atomic E-state index is 0.0497. The van der Waals surface area contributed by atoms with Crippen molar-refractivity contribution in [3.8, 4) is 5.75 Å². The number of rotatable bonds is 4. The van der Waals surface area contributed by atoms with Crippen molar-refractivity contribution in [1.29, 1.82) is 0 Å². The van der Waals surface area contributed by atoms with Gasteiger partial charge in [-0.25, -0.2) is 0 Å². The van der Waals surface area contributed by atoms with Gasteiger partial charge in [0.2, 0.25) is 0 Å². The Balaban J connectivity index is 1.19. The Morgan fingerprint density at radius 2 is 1.97 bits per heavy atom. The summed E-state index contributed by atoms with van der Waals surface area (Å²) in [5.74, 6) is 1.60. The Labute approximate surface area is 224 Å². The Morgan fingerprint density at radius 1 is 1.08 bits per heavy atom. The Bertz CT molecular complexity index is 1390. The van der Waals surface area contributed by atoms with Gasteiger partial charge in [-0.05, 0) is 109 Å². The van der Waals surface area contributed by atoms with E-state index in [4.69, 9.17) is 0 Å². The number of aromatic hydroxyl groups is 1. The maximum absolute atomic E-state index is 13.7. The average molecular weight is 506 g/mol. The summed E-state index contributed by atoms with van der Waals surface area (Å²) in [6, 6.07) is 21.1. The minimum absolute atomic E-state index is 0.0497. The number of amides is 1. The summed E-state index contributed by atoms with van der Waals surface area (Å²) in [7, 11) is 0. The number of hydrogen-bond acceptors (Lipinski definition) is 4. The van der Waals surface area contributed by atoms with E-state index in [9.17, 15) is 9.90 Å². The van der Waals surface area contributed by atoms with Gasteiger partial charge < -0.3 is 10.0 Å². The van der Waals surface area contributed by atoms with Crippen molar-refractivity contribution in [3.63, 3.8) is 0 Å². The van der Waals surface area contributed by atoms with Gasteiger partial charge in [0, 0.05) is 48.5 Å². The highest BCUT2D eigenvalue weighted by Gasteiger charge is 2.76. The molecular weight excluding hydrogens is 470 g/mol. The maximum Gasteiger partial charge on any atom is 0.254 e. The van der Waals surface area contributed by atoms with E-state index in [0.717, 1.165) is 50.9 Å². The average Bonchev–Trinajstić information content (AvgIpc) is 3.40. The summed E-state index contributed by atoms with van der Waals surface area (Å²) in [5, 5.41) is 10.7. The van der Waals surface area contributed by atoms with Gasteiger partial charge >= 0.3 is 0 Å². The van der Waals surface area contributed by atoms with Crippen molar-refractivity contribution in [1.82, 2.24) is 14.8 Å². The van der Waals surface area contributed by atoms with Crippen LogP contribution >= 0.6 is 0 Å². The lowest BCUT2D eigenvalue weighted by Crippen LogP contribution is -2.69. The summed E-state index contributed by atoms with van der Waals surface area (Å²) in [6.45, 7) is 3.03. The number of piperidine rings is 1. The van der Waals surface area contributed by atoms with Crippen molar-refractivity contribution >= 4 is 5.91 Å². The van der Waals surface area contributed by atoms with Gasteiger partial charge in [-0.3, -0.25) is 14.7 Å². The van der Waals surface area contributed by atoms with E-state index in [2.05, 4.69) is 33.0 Å². The first-order valence-electron chi connectivity index (χ1n) is 14.4. The van der Waals surface area contributed by atoms with Crippen LogP contribution in [-0.4, -0.2) is 57.5 Å². The lowest BCUT2D eigenvalue weighted by molar-refractivity contribution is -0.100. The molecule has 5 heteroatoms. The summed E-state index contributed by atoms with van der Waals surface area (Å²) in [6.07, 6.45) is 10.6. The summed E-state index contributed by atoms with van der Waals surface area (Å²) >= 11 is 0. The van der Waals surface area contributed by atoms with Crippen molar-refractivity contribution < 1.29 is 9.90 Å². The first-order valence-corrected chi connectivity index (χ1v) is 14.4. The monoisotopic (exact) mass is 505 g/mol. The van der Waals surface area contributed by atoms with Gasteiger partial charge in [-0.1, -0.05) is 30.3 Å². The van der Waals surface area contributed by atoms with Crippen molar-refractivity contribution in [2.75, 3.05) is 19.6 Å². The molecule has 5 unspecified atom stereocenters. The van der Waals surface area contributed by atoms with Crippen LogP contribution in [0.5, 0.6) is 5.75 Å². The van der Waals surface area contributed by atoms with Gasteiger partial charge in [0.05, 0.1) is 0 Å². The van der Waals surface area contributed by atoms with E-state index in [1.165, 1.54) is 29.5 Å². The number of nitrogens with zero attached hydrogens (tertiary/aromatic N) is 3. The van der Waals surface area contributed by atoms with Gasteiger partial charge in [0.15, 0.2) is 0 Å². The van der Waals surface area contributed by atoms with Gasteiger partial charge in [0.25, 0.3) is 5.91 Å². The number of pyridine rings is 1.